The first-order chi connectivity index (χ1) is 14.0. The molecule has 29 heavy (non-hydrogen) atoms. The maximum atomic E-state index is 12.2. The Kier molecular flexibility index (Phi) is 8.46. The van der Waals surface area contributed by atoms with E-state index in [9.17, 15) is 9.59 Å². The molecule has 0 spiro atoms. The van der Waals surface area contributed by atoms with Crippen molar-refractivity contribution in [3.8, 4) is 6.19 Å². The highest BCUT2D eigenvalue weighted by molar-refractivity contribution is 5.94. The molecular formula is C21H29N5O3. The lowest BCUT2D eigenvalue weighted by molar-refractivity contribution is -0.146. The number of guanidine groups is 1. The number of rotatable bonds is 7. The van der Waals surface area contributed by atoms with Crippen molar-refractivity contribution in [2.45, 2.75) is 50.5 Å². The van der Waals surface area contributed by atoms with Gasteiger partial charge in [-0.1, -0.05) is 30.3 Å². The Morgan fingerprint density at radius 3 is 2.55 bits per heavy atom. The third-order valence-electron chi connectivity index (χ3n) is 5.30. The van der Waals surface area contributed by atoms with E-state index in [0.29, 0.717) is 12.5 Å². The van der Waals surface area contributed by atoms with Gasteiger partial charge in [-0.25, -0.2) is 0 Å². The van der Waals surface area contributed by atoms with E-state index in [4.69, 9.17) is 10.00 Å². The summed E-state index contributed by atoms with van der Waals surface area (Å²) < 4.78 is 4.85. The summed E-state index contributed by atoms with van der Waals surface area (Å²) >= 11 is 0. The van der Waals surface area contributed by atoms with Gasteiger partial charge >= 0.3 is 5.97 Å². The number of ether oxygens (including phenoxy) is 1. The summed E-state index contributed by atoms with van der Waals surface area (Å²) in [5, 5.41) is 17.5. The molecule has 156 valence electrons. The molecule has 0 aliphatic heterocycles. The van der Waals surface area contributed by atoms with E-state index in [-0.39, 0.29) is 30.4 Å². The van der Waals surface area contributed by atoms with Crippen molar-refractivity contribution in [2.75, 3.05) is 20.2 Å². The van der Waals surface area contributed by atoms with Crippen LogP contribution in [0.15, 0.2) is 35.3 Å². The lowest BCUT2D eigenvalue weighted by Crippen LogP contribution is -2.49. The molecule has 0 atom stereocenters. The van der Waals surface area contributed by atoms with E-state index in [1.165, 1.54) is 5.56 Å². The predicted molar refractivity (Wildman–Crippen MR) is 110 cm³/mol. The Morgan fingerprint density at radius 1 is 1.28 bits per heavy atom. The highest BCUT2D eigenvalue weighted by Crippen LogP contribution is 2.39. The summed E-state index contributed by atoms with van der Waals surface area (Å²) in [5.74, 6) is -0.367. The molecule has 1 aromatic rings. The van der Waals surface area contributed by atoms with Crippen molar-refractivity contribution >= 4 is 17.8 Å². The molecule has 8 heteroatoms. The van der Waals surface area contributed by atoms with Gasteiger partial charge in [0, 0.05) is 25.0 Å². The molecule has 0 saturated heterocycles. The highest BCUT2D eigenvalue weighted by Gasteiger charge is 2.37. The number of hydrogen-bond donors (Lipinski definition) is 3. The van der Waals surface area contributed by atoms with E-state index in [1.54, 1.807) is 14.0 Å². The number of hydrogen-bond acceptors (Lipinski definition) is 5. The monoisotopic (exact) mass is 399 g/mol. The van der Waals surface area contributed by atoms with Crippen LogP contribution in [0.5, 0.6) is 0 Å². The normalized spacial score (nSPS) is 21.6. The topological polar surface area (TPSA) is 116 Å². The summed E-state index contributed by atoms with van der Waals surface area (Å²) in [7, 11) is 1.63. The van der Waals surface area contributed by atoms with Crippen molar-refractivity contribution in [2.24, 2.45) is 4.99 Å². The molecule has 0 bridgehead atoms. The van der Waals surface area contributed by atoms with Crippen LogP contribution in [0.1, 0.15) is 44.6 Å². The van der Waals surface area contributed by atoms with Crippen LogP contribution in [0.4, 0.5) is 0 Å². The van der Waals surface area contributed by atoms with Gasteiger partial charge in [0.2, 0.25) is 11.9 Å². The first-order valence-corrected chi connectivity index (χ1v) is 9.89. The number of nitrogens with one attached hydrogen (secondary N) is 3. The van der Waals surface area contributed by atoms with Crippen molar-refractivity contribution in [1.82, 2.24) is 16.0 Å². The molecule has 8 nitrogen and oxygen atoms in total. The van der Waals surface area contributed by atoms with Crippen LogP contribution in [-0.2, 0) is 19.7 Å². The summed E-state index contributed by atoms with van der Waals surface area (Å²) in [6, 6.07) is 10.3. The van der Waals surface area contributed by atoms with Crippen molar-refractivity contribution < 1.29 is 14.3 Å². The molecule has 1 amide bonds. The first-order valence-electron chi connectivity index (χ1n) is 9.89. The largest absolute Gasteiger partial charge is 0.466 e. The standard InChI is InChI=1S/C21H29N5O3/c1-3-29-19(28)13-18(27)24-14-21(16-7-5-4-6-8-16)11-9-17(10-12-21)26-20(23-2)25-15-22/h4-8,17H,3,9-14H2,1-2H3,(H,24,27)(H2,23,25,26). The second-order valence-corrected chi connectivity index (χ2v) is 7.13. The molecule has 0 aromatic heterocycles. The molecule has 1 saturated carbocycles. The molecule has 0 radical (unpaired) electrons. The molecule has 1 fully saturated rings. The van der Waals surface area contributed by atoms with Gasteiger partial charge in [-0.2, -0.15) is 5.26 Å². The SMILES string of the molecule is CCOC(=O)CC(=O)NCC1(c2ccccc2)CCC(NC(=NC)NC#N)CC1. The summed E-state index contributed by atoms with van der Waals surface area (Å²) in [6.45, 7) is 2.44. The van der Waals surface area contributed by atoms with Gasteiger partial charge in [0.05, 0.1) is 6.61 Å². The average Bonchev–Trinajstić information content (AvgIpc) is 2.74. The van der Waals surface area contributed by atoms with Gasteiger partial charge in [-0.3, -0.25) is 19.9 Å². The molecule has 3 N–H and O–H groups in total. The van der Waals surface area contributed by atoms with Crippen LogP contribution in [-0.4, -0.2) is 44.1 Å². The molecule has 1 aliphatic carbocycles. The predicted octanol–water partition coefficient (Wildman–Crippen LogP) is 1.58. The maximum absolute atomic E-state index is 12.2. The number of esters is 1. The maximum Gasteiger partial charge on any atom is 0.315 e. The fourth-order valence-corrected chi connectivity index (χ4v) is 3.75. The van der Waals surface area contributed by atoms with Crippen LogP contribution in [0.25, 0.3) is 0 Å². The molecule has 1 aromatic carbocycles. The average molecular weight is 399 g/mol. The number of nitrogens with zero attached hydrogens (tertiary/aromatic N) is 2. The fraction of sp³-hybridized carbons (Fsp3) is 0.524. The Bertz CT molecular complexity index is 749. The smallest absolute Gasteiger partial charge is 0.315 e. The van der Waals surface area contributed by atoms with Crippen LogP contribution < -0.4 is 16.0 Å². The Labute approximate surface area is 171 Å². The van der Waals surface area contributed by atoms with Crippen LogP contribution in [0.2, 0.25) is 0 Å². The van der Waals surface area contributed by atoms with Crippen LogP contribution in [0.3, 0.4) is 0 Å². The van der Waals surface area contributed by atoms with Crippen LogP contribution >= 0.6 is 0 Å². The third kappa shape index (κ3) is 6.49. The van der Waals surface area contributed by atoms with Gasteiger partial charge in [0.1, 0.15) is 6.42 Å². The fourth-order valence-electron chi connectivity index (χ4n) is 3.75. The van der Waals surface area contributed by atoms with E-state index in [2.05, 4.69) is 33.1 Å². The quantitative estimate of drug-likeness (QED) is 0.160. The van der Waals surface area contributed by atoms with Crippen molar-refractivity contribution in [3.63, 3.8) is 0 Å². The summed E-state index contributed by atoms with van der Waals surface area (Å²) in [4.78, 5) is 27.8. The van der Waals surface area contributed by atoms with Gasteiger partial charge in [-0.05, 0) is 38.2 Å². The lowest BCUT2D eigenvalue weighted by Gasteiger charge is -2.41. The number of carbonyl (C=O) groups excluding carboxylic acids is 2. The lowest BCUT2D eigenvalue weighted by atomic mass is 9.68. The van der Waals surface area contributed by atoms with Gasteiger partial charge in [0.25, 0.3) is 0 Å². The highest BCUT2D eigenvalue weighted by atomic mass is 16.5. The molecule has 2 rings (SSSR count). The van der Waals surface area contributed by atoms with E-state index >= 15 is 0 Å². The number of amides is 1. The van der Waals surface area contributed by atoms with E-state index in [1.807, 2.05) is 24.4 Å². The number of nitriles is 1. The second kappa shape index (κ2) is 11.1. The Morgan fingerprint density at radius 2 is 1.97 bits per heavy atom. The molecule has 0 heterocycles. The van der Waals surface area contributed by atoms with E-state index < -0.39 is 5.97 Å². The number of carbonyl (C=O) groups is 2. The second-order valence-electron chi connectivity index (χ2n) is 7.13. The van der Waals surface area contributed by atoms with Crippen molar-refractivity contribution in [1.29, 1.82) is 5.26 Å². The van der Waals surface area contributed by atoms with Gasteiger partial charge in [-0.15, -0.1) is 0 Å². The van der Waals surface area contributed by atoms with Gasteiger partial charge in [0.15, 0.2) is 6.19 Å². The minimum Gasteiger partial charge on any atom is -0.466 e. The van der Waals surface area contributed by atoms with Crippen molar-refractivity contribution in [3.05, 3.63) is 35.9 Å². The molecular weight excluding hydrogens is 370 g/mol. The number of benzene rings is 1. The minimum absolute atomic E-state index is 0.196. The first kappa shape index (κ1) is 22.2. The zero-order chi connectivity index (χ0) is 21.1. The Hall–Kier alpha value is -3.08. The van der Waals surface area contributed by atoms with Gasteiger partial charge < -0.3 is 15.4 Å². The minimum atomic E-state index is -0.511. The zero-order valence-electron chi connectivity index (χ0n) is 17.0. The van der Waals surface area contributed by atoms with E-state index in [0.717, 1.165) is 25.7 Å². The van der Waals surface area contributed by atoms with Crippen LogP contribution in [0, 0.1) is 11.5 Å². The Balaban J connectivity index is 2.03. The summed E-state index contributed by atoms with van der Waals surface area (Å²) in [5.41, 5.74) is 0.977. The zero-order valence-corrected chi connectivity index (χ0v) is 17.0. The third-order valence-corrected chi connectivity index (χ3v) is 5.30. The number of aliphatic imine (C=N–C) groups is 1. The summed E-state index contributed by atoms with van der Waals surface area (Å²) in [6.07, 6.45) is 5.07. The molecule has 0 unspecified atom stereocenters. The molecule has 1 aliphatic rings.